The Morgan fingerprint density at radius 1 is 1.22 bits per heavy atom. The predicted octanol–water partition coefficient (Wildman–Crippen LogP) is 2.10. The van der Waals surface area contributed by atoms with Crippen LogP contribution in [0.1, 0.15) is 44.4 Å². The molecule has 2 rings (SSSR count). The molecule has 0 radical (unpaired) electrons. The van der Waals surface area contributed by atoms with Gasteiger partial charge in [-0.3, -0.25) is 4.98 Å². The monoisotopic (exact) mass is 245 g/mol. The van der Waals surface area contributed by atoms with Gasteiger partial charge in [0.2, 0.25) is 0 Å². The largest absolute Gasteiger partial charge is 0.302 e. The van der Waals surface area contributed by atoms with Gasteiger partial charge < -0.3 is 5.32 Å². The summed E-state index contributed by atoms with van der Waals surface area (Å²) < 4.78 is 1.93. The van der Waals surface area contributed by atoms with Crippen LogP contribution in [-0.2, 0) is 6.54 Å². The first-order valence-electron chi connectivity index (χ1n) is 6.21. The van der Waals surface area contributed by atoms with Crippen LogP contribution in [0.2, 0.25) is 0 Å². The standard InChI is InChI=1S/C13H19N5/c1-10(2)18-13(16-9-17-18)8-15-11(3)12-6-4-5-7-14-12/h4-7,9-11,15H,8H2,1-3H3. The van der Waals surface area contributed by atoms with Crippen LogP contribution in [0.3, 0.4) is 0 Å². The maximum absolute atomic E-state index is 4.33. The molecule has 0 aliphatic rings. The first kappa shape index (κ1) is 12.7. The molecule has 96 valence electrons. The molecule has 0 aliphatic heterocycles. The molecular weight excluding hydrogens is 226 g/mol. The zero-order chi connectivity index (χ0) is 13.0. The van der Waals surface area contributed by atoms with E-state index in [0.717, 1.165) is 11.5 Å². The van der Waals surface area contributed by atoms with E-state index in [0.29, 0.717) is 12.6 Å². The van der Waals surface area contributed by atoms with Crippen molar-refractivity contribution in [1.82, 2.24) is 25.1 Å². The van der Waals surface area contributed by atoms with Gasteiger partial charge in [0.15, 0.2) is 0 Å². The van der Waals surface area contributed by atoms with E-state index in [9.17, 15) is 0 Å². The molecular formula is C13H19N5. The Bertz CT molecular complexity index is 477. The van der Waals surface area contributed by atoms with Crippen LogP contribution in [0.25, 0.3) is 0 Å². The van der Waals surface area contributed by atoms with Gasteiger partial charge in [-0.1, -0.05) is 6.07 Å². The minimum atomic E-state index is 0.198. The van der Waals surface area contributed by atoms with E-state index in [4.69, 9.17) is 0 Å². The third-order valence-electron chi connectivity index (χ3n) is 2.83. The van der Waals surface area contributed by atoms with Crippen molar-refractivity contribution in [2.75, 3.05) is 0 Å². The van der Waals surface area contributed by atoms with E-state index < -0.39 is 0 Å². The molecule has 0 saturated carbocycles. The van der Waals surface area contributed by atoms with Gasteiger partial charge in [-0.15, -0.1) is 0 Å². The summed E-state index contributed by atoms with van der Waals surface area (Å²) >= 11 is 0. The van der Waals surface area contributed by atoms with Crippen molar-refractivity contribution in [3.63, 3.8) is 0 Å². The van der Waals surface area contributed by atoms with Crippen LogP contribution < -0.4 is 5.32 Å². The highest BCUT2D eigenvalue weighted by atomic mass is 15.4. The summed E-state index contributed by atoms with van der Waals surface area (Å²) in [7, 11) is 0. The van der Waals surface area contributed by atoms with Gasteiger partial charge in [-0.25, -0.2) is 9.67 Å². The maximum atomic E-state index is 4.33. The lowest BCUT2D eigenvalue weighted by Gasteiger charge is -2.14. The third kappa shape index (κ3) is 2.92. The third-order valence-corrected chi connectivity index (χ3v) is 2.83. The van der Waals surface area contributed by atoms with Crippen molar-refractivity contribution in [1.29, 1.82) is 0 Å². The molecule has 2 aromatic heterocycles. The molecule has 5 heteroatoms. The van der Waals surface area contributed by atoms with Crippen LogP contribution in [0.5, 0.6) is 0 Å². The van der Waals surface area contributed by atoms with E-state index in [2.05, 4.69) is 41.2 Å². The maximum Gasteiger partial charge on any atom is 0.141 e. The number of nitrogens with zero attached hydrogens (tertiary/aromatic N) is 4. The number of pyridine rings is 1. The molecule has 0 spiro atoms. The second-order valence-corrected chi connectivity index (χ2v) is 4.57. The Hall–Kier alpha value is -1.75. The minimum Gasteiger partial charge on any atom is -0.302 e. The first-order chi connectivity index (χ1) is 8.68. The van der Waals surface area contributed by atoms with Crippen LogP contribution in [-0.4, -0.2) is 19.7 Å². The lowest BCUT2D eigenvalue weighted by Crippen LogP contribution is -2.22. The van der Waals surface area contributed by atoms with Crippen LogP contribution in [0.4, 0.5) is 0 Å². The lowest BCUT2D eigenvalue weighted by molar-refractivity contribution is 0.471. The SMILES string of the molecule is CC(NCc1ncnn1C(C)C)c1ccccn1. The van der Waals surface area contributed by atoms with Gasteiger partial charge in [0.1, 0.15) is 12.2 Å². The van der Waals surface area contributed by atoms with Crippen molar-refractivity contribution in [2.24, 2.45) is 0 Å². The molecule has 0 amide bonds. The van der Waals surface area contributed by atoms with E-state index in [1.165, 1.54) is 0 Å². The van der Waals surface area contributed by atoms with Gasteiger partial charge >= 0.3 is 0 Å². The molecule has 2 aromatic rings. The summed E-state index contributed by atoms with van der Waals surface area (Å²) in [4.78, 5) is 8.60. The molecule has 0 bridgehead atoms. The second kappa shape index (κ2) is 5.73. The van der Waals surface area contributed by atoms with E-state index >= 15 is 0 Å². The first-order valence-corrected chi connectivity index (χ1v) is 6.21. The summed E-state index contributed by atoms with van der Waals surface area (Å²) in [5.41, 5.74) is 1.04. The molecule has 18 heavy (non-hydrogen) atoms. The second-order valence-electron chi connectivity index (χ2n) is 4.57. The highest BCUT2D eigenvalue weighted by molar-refractivity contribution is 5.07. The average Bonchev–Trinajstić information content (AvgIpc) is 2.85. The Balaban J connectivity index is 1.97. The zero-order valence-corrected chi connectivity index (χ0v) is 11.0. The highest BCUT2D eigenvalue weighted by Gasteiger charge is 2.10. The van der Waals surface area contributed by atoms with Crippen molar-refractivity contribution >= 4 is 0 Å². The van der Waals surface area contributed by atoms with Crippen LogP contribution in [0, 0.1) is 0 Å². The van der Waals surface area contributed by atoms with Gasteiger partial charge in [0, 0.05) is 18.3 Å². The predicted molar refractivity (Wildman–Crippen MR) is 69.9 cm³/mol. The molecule has 0 fully saturated rings. The minimum absolute atomic E-state index is 0.198. The van der Waals surface area contributed by atoms with Gasteiger partial charge in [-0.05, 0) is 32.9 Å². The van der Waals surface area contributed by atoms with E-state index in [1.807, 2.05) is 29.1 Å². The molecule has 5 nitrogen and oxygen atoms in total. The fourth-order valence-electron chi connectivity index (χ4n) is 1.81. The van der Waals surface area contributed by atoms with Gasteiger partial charge in [0.05, 0.1) is 12.2 Å². The summed E-state index contributed by atoms with van der Waals surface area (Å²) in [6, 6.07) is 6.46. The van der Waals surface area contributed by atoms with Crippen LogP contribution >= 0.6 is 0 Å². The van der Waals surface area contributed by atoms with Gasteiger partial charge in [0.25, 0.3) is 0 Å². The molecule has 1 N–H and O–H groups in total. The van der Waals surface area contributed by atoms with Gasteiger partial charge in [-0.2, -0.15) is 5.10 Å². The molecule has 0 aromatic carbocycles. The Morgan fingerprint density at radius 3 is 2.72 bits per heavy atom. The molecule has 0 aliphatic carbocycles. The van der Waals surface area contributed by atoms with E-state index in [1.54, 1.807) is 6.33 Å². The highest BCUT2D eigenvalue weighted by Crippen LogP contribution is 2.10. The summed E-state index contributed by atoms with van der Waals surface area (Å²) in [6.07, 6.45) is 3.41. The fourth-order valence-corrected chi connectivity index (χ4v) is 1.81. The van der Waals surface area contributed by atoms with Crippen molar-refractivity contribution in [3.8, 4) is 0 Å². The molecule has 0 saturated heterocycles. The number of hydrogen-bond donors (Lipinski definition) is 1. The number of aromatic nitrogens is 4. The average molecular weight is 245 g/mol. The summed E-state index contributed by atoms with van der Waals surface area (Å²) in [5, 5.41) is 7.63. The number of hydrogen-bond acceptors (Lipinski definition) is 4. The lowest BCUT2D eigenvalue weighted by atomic mass is 10.2. The normalized spacial score (nSPS) is 12.9. The van der Waals surface area contributed by atoms with Crippen molar-refractivity contribution < 1.29 is 0 Å². The quantitative estimate of drug-likeness (QED) is 0.876. The Morgan fingerprint density at radius 2 is 2.06 bits per heavy atom. The Labute approximate surface area is 107 Å². The number of nitrogens with one attached hydrogen (secondary N) is 1. The van der Waals surface area contributed by atoms with Crippen LogP contribution in [0.15, 0.2) is 30.7 Å². The number of rotatable bonds is 5. The smallest absolute Gasteiger partial charge is 0.141 e. The van der Waals surface area contributed by atoms with Crippen molar-refractivity contribution in [2.45, 2.75) is 39.4 Å². The Kier molecular flexibility index (Phi) is 4.04. The molecule has 2 heterocycles. The summed E-state index contributed by atoms with van der Waals surface area (Å²) in [6.45, 7) is 6.98. The fraction of sp³-hybridized carbons (Fsp3) is 0.462. The topological polar surface area (TPSA) is 55.6 Å². The van der Waals surface area contributed by atoms with E-state index in [-0.39, 0.29) is 6.04 Å². The molecule has 1 atom stereocenters. The summed E-state index contributed by atoms with van der Waals surface area (Å²) in [5.74, 6) is 0.952. The van der Waals surface area contributed by atoms with Crippen molar-refractivity contribution in [3.05, 3.63) is 42.2 Å². The zero-order valence-electron chi connectivity index (χ0n) is 11.0. The molecule has 1 unspecified atom stereocenters.